The molecule has 162 valence electrons. The number of nitrogens with one attached hydrogen (secondary N) is 1. The molecule has 0 saturated heterocycles. The van der Waals surface area contributed by atoms with E-state index >= 15 is 0 Å². The Morgan fingerprint density at radius 3 is 2.45 bits per heavy atom. The minimum atomic E-state index is -3.68. The van der Waals surface area contributed by atoms with Crippen molar-refractivity contribution in [3.8, 4) is 17.6 Å². The lowest BCUT2D eigenvalue weighted by Crippen LogP contribution is -2.30. The molecule has 0 unspecified atom stereocenters. The first kappa shape index (κ1) is 21.5. The smallest absolute Gasteiger partial charge is 0.243 e. The Bertz CT molecular complexity index is 1250. The SMILES string of the molecule is Cc1ccc2c(C#N)c(-c3ncc(S(=O)(=O)NC(C)C)cn3)n(C3CCCCC3)c2c1. The molecule has 1 N–H and O–H groups in total. The number of rotatable bonds is 5. The van der Waals surface area contributed by atoms with Crippen LogP contribution in [0.25, 0.3) is 22.4 Å². The normalized spacial score (nSPS) is 15.5. The fourth-order valence-electron chi connectivity index (χ4n) is 4.43. The molecule has 0 amide bonds. The molecule has 0 atom stereocenters. The van der Waals surface area contributed by atoms with E-state index in [-0.39, 0.29) is 17.0 Å². The number of hydrogen-bond donors (Lipinski definition) is 1. The molecule has 1 saturated carbocycles. The van der Waals surface area contributed by atoms with Crippen molar-refractivity contribution in [3.05, 3.63) is 41.7 Å². The largest absolute Gasteiger partial charge is 0.334 e. The van der Waals surface area contributed by atoms with Gasteiger partial charge in [0.15, 0.2) is 5.82 Å². The molecule has 0 bridgehead atoms. The average molecular weight is 438 g/mol. The number of aryl methyl sites for hydroxylation is 1. The highest BCUT2D eigenvalue weighted by Gasteiger charge is 2.27. The van der Waals surface area contributed by atoms with Gasteiger partial charge in [0, 0.05) is 17.5 Å². The maximum atomic E-state index is 12.5. The van der Waals surface area contributed by atoms with Crippen LogP contribution in [0.3, 0.4) is 0 Å². The van der Waals surface area contributed by atoms with Crippen LogP contribution in [0.4, 0.5) is 0 Å². The molecule has 1 fully saturated rings. The summed E-state index contributed by atoms with van der Waals surface area (Å²) in [6.07, 6.45) is 8.25. The molecule has 0 radical (unpaired) electrons. The summed E-state index contributed by atoms with van der Waals surface area (Å²) < 4.78 is 29.7. The Morgan fingerprint density at radius 2 is 1.84 bits per heavy atom. The van der Waals surface area contributed by atoms with Crippen molar-refractivity contribution in [3.63, 3.8) is 0 Å². The molecule has 0 spiro atoms. The number of benzene rings is 1. The summed E-state index contributed by atoms with van der Waals surface area (Å²) in [6, 6.07) is 8.49. The molecule has 4 rings (SSSR count). The summed E-state index contributed by atoms with van der Waals surface area (Å²) in [5, 5.41) is 10.9. The predicted octanol–water partition coefficient (Wildman–Crippen LogP) is 4.47. The summed E-state index contributed by atoms with van der Waals surface area (Å²) in [5.74, 6) is 0.375. The zero-order chi connectivity index (χ0) is 22.2. The van der Waals surface area contributed by atoms with Gasteiger partial charge in [0.25, 0.3) is 0 Å². The van der Waals surface area contributed by atoms with E-state index in [0.29, 0.717) is 17.1 Å². The van der Waals surface area contributed by atoms with Crippen molar-refractivity contribution in [2.45, 2.75) is 69.9 Å². The van der Waals surface area contributed by atoms with Gasteiger partial charge in [-0.1, -0.05) is 31.4 Å². The van der Waals surface area contributed by atoms with Gasteiger partial charge >= 0.3 is 0 Å². The molecular formula is C23H27N5O2S. The Hall–Kier alpha value is -2.76. The van der Waals surface area contributed by atoms with Crippen molar-refractivity contribution >= 4 is 20.9 Å². The quantitative estimate of drug-likeness (QED) is 0.635. The van der Waals surface area contributed by atoms with Crippen molar-refractivity contribution in [2.75, 3.05) is 0 Å². The topological polar surface area (TPSA) is 101 Å². The minimum absolute atomic E-state index is 0.0135. The van der Waals surface area contributed by atoms with Crippen LogP contribution in [0.5, 0.6) is 0 Å². The number of nitriles is 1. The van der Waals surface area contributed by atoms with E-state index in [2.05, 4.69) is 31.4 Å². The van der Waals surface area contributed by atoms with Gasteiger partial charge in [0.05, 0.1) is 23.5 Å². The third-order valence-corrected chi connectivity index (χ3v) is 7.37. The van der Waals surface area contributed by atoms with Gasteiger partial charge in [-0.2, -0.15) is 5.26 Å². The zero-order valence-corrected chi connectivity index (χ0v) is 18.9. The highest BCUT2D eigenvalue weighted by atomic mass is 32.2. The zero-order valence-electron chi connectivity index (χ0n) is 18.1. The lowest BCUT2D eigenvalue weighted by Gasteiger charge is -2.26. The molecule has 3 aromatic rings. The van der Waals surface area contributed by atoms with Crippen molar-refractivity contribution in [2.24, 2.45) is 0 Å². The maximum absolute atomic E-state index is 12.5. The molecular weight excluding hydrogens is 410 g/mol. The first-order valence-electron chi connectivity index (χ1n) is 10.7. The highest BCUT2D eigenvalue weighted by molar-refractivity contribution is 7.89. The average Bonchev–Trinajstić information content (AvgIpc) is 3.07. The molecule has 2 heterocycles. The van der Waals surface area contributed by atoms with Crippen LogP contribution in [0.15, 0.2) is 35.5 Å². The van der Waals surface area contributed by atoms with Crippen molar-refractivity contribution in [1.82, 2.24) is 19.3 Å². The molecule has 2 aromatic heterocycles. The van der Waals surface area contributed by atoms with Crippen LogP contribution in [-0.2, 0) is 10.0 Å². The fourth-order valence-corrected chi connectivity index (χ4v) is 5.57. The minimum Gasteiger partial charge on any atom is -0.334 e. The van der Waals surface area contributed by atoms with Gasteiger partial charge in [0.1, 0.15) is 16.7 Å². The van der Waals surface area contributed by atoms with Crippen LogP contribution < -0.4 is 4.72 Å². The summed E-state index contributed by atoms with van der Waals surface area (Å²) in [5.41, 5.74) is 3.35. The lowest BCUT2D eigenvalue weighted by atomic mass is 9.95. The molecule has 7 nitrogen and oxygen atoms in total. The fraction of sp³-hybridized carbons (Fsp3) is 0.435. The van der Waals surface area contributed by atoms with E-state index in [0.717, 1.165) is 42.1 Å². The lowest BCUT2D eigenvalue weighted by molar-refractivity contribution is 0.362. The number of sulfonamides is 1. The van der Waals surface area contributed by atoms with Gasteiger partial charge in [0.2, 0.25) is 10.0 Å². The van der Waals surface area contributed by atoms with Crippen LogP contribution >= 0.6 is 0 Å². The summed E-state index contributed by atoms with van der Waals surface area (Å²) in [6.45, 7) is 5.56. The predicted molar refractivity (Wildman–Crippen MR) is 120 cm³/mol. The third kappa shape index (κ3) is 4.08. The van der Waals surface area contributed by atoms with Gasteiger partial charge in [-0.15, -0.1) is 0 Å². The second kappa shape index (κ2) is 8.40. The maximum Gasteiger partial charge on any atom is 0.243 e. The molecule has 0 aliphatic heterocycles. The molecule has 1 aliphatic rings. The standard InChI is InChI=1S/C23H27N5O2S/c1-15(2)27-31(29,30)18-13-25-23(26-14-18)22-20(12-24)19-10-9-16(3)11-21(19)28(22)17-7-5-4-6-8-17/h9-11,13-15,17,27H,4-8H2,1-3H3. The Kier molecular flexibility index (Phi) is 5.82. The molecule has 8 heteroatoms. The van der Waals surface area contributed by atoms with Gasteiger partial charge in [-0.25, -0.2) is 23.1 Å². The van der Waals surface area contributed by atoms with Crippen LogP contribution in [-0.4, -0.2) is 29.0 Å². The third-order valence-electron chi connectivity index (χ3n) is 5.75. The van der Waals surface area contributed by atoms with Gasteiger partial charge < -0.3 is 4.57 Å². The number of aromatic nitrogens is 3. The van der Waals surface area contributed by atoms with E-state index in [9.17, 15) is 13.7 Å². The van der Waals surface area contributed by atoms with E-state index in [1.165, 1.54) is 18.8 Å². The van der Waals surface area contributed by atoms with Crippen LogP contribution in [0.1, 0.15) is 63.1 Å². The highest BCUT2D eigenvalue weighted by Crippen LogP contribution is 2.39. The second-order valence-corrected chi connectivity index (χ2v) is 10.3. The Labute approximate surface area is 183 Å². The molecule has 31 heavy (non-hydrogen) atoms. The number of nitrogens with zero attached hydrogens (tertiary/aromatic N) is 4. The molecule has 1 aliphatic carbocycles. The monoisotopic (exact) mass is 437 g/mol. The van der Waals surface area contributed by atoms with E-state index in [4.69, 9.17) is 0 Å². The molecule has 1 aromatic carbocycles. The van der Waals surface area contributed by atoms with Crippen LogP contribution in [0.2, 0.25) is 0 Å². The van der Waals surface area contributed by atoms with E-state index in [1.54, 1.807) is 13.8 Å². The van der Waals surface area contributed by atoms with Crippen LogP contribution in [0, 0.1) is 18.3 Å². The van der Waals surface area contributed by atoms with Crippen molar-refractivity contribution < 1.29 is 8.42 Å². The summed E-state index contributed by atoms with van der Waals surface area (Å²) in [7, 11) is -3.68. The first-order valence-corrected chi connectivity index (χ1v) is 12.2. The van der Waals surface area contributed by atoms with Gasteiger partial charge in [-0.05, 0) is 45.2 Å². The van der Waals surface area contributed by atoms with Crippen molar-refractivity contribution in [1.29, 1.82) is 5.26 Å². The van der Waals surface area contributed by atoms with E-state index < -0.39 is 10.0 Å². The number of hydrogen-bond acceptors (Lipinski definition) is 5. The number of fused-ring (bicyclic) bond motifs is 1. The first-order chi connectivity index (χ1) is 14.8. The van der Waals surface area contributed by atoms with Gasteiger partial charge in [-0.3, -0.25) is 0 Å². The summed E-state index contributed by atoms with van der Waals surface area (Å²) in [4.78, 5) is 8.82. The Morgan fingerprint density at radius 1 is 1.16 bits per heavy atom. The Balaban J connectivity index is 1.90. The second-order valence-electron chi connectivity index (χ2n) is 8.54. The summed E-state index contributed by atoms with van der Waals surface area (Å²) >= 11 is 0. The van der Waals surface area contributed by atoms with E-state index in [1.807, 2.05) is 19.1 Å².